The van der Waals surface area contributed by atoms with Gasteiger partial charge in [-0.15, -0.1) is 16.4 Å². The van der Waals surface area contributed by atoms with Crippen molar-refractivity contribution in [2.45, 2.75) is 33.3 Å². The Morgan fingerprint density at radius 2 is 1.36 bits per heavy atom. The summed E-state index contributed by atoms with van der Waals surface area (Å²) in [6, 6.07) is 6.65. The highest BCUT2D eigenvalue weighted by molar-refractivity contribution is 5.90. The number of esters is 1. The molecule has 0 bridgehead atoms. The lowest BCUT2D eigenvalue weighted by Crippen LogP contribution is -2.23. The molecule has 2 aromatic rings. The average Bonchev–Trinajstić information content (AvgIpc) is 3.00. The van der Waals surface area contributed by atoms with Gasteiger partial charge in [-0.05, 0) is 140 Å². The Balaban J connectivity index is -0.0000000968. The minimum absolute atomic E-state index is 0. The first-order chi connectivity index (χ1) is 21.1. The fourth-order valence-electron chi connectivity index (χ4n) is 2.36. The van der Waals surface area contributed by atoms with Crippen molar-refractivity contribution in [1.82, 2.24) is 10.6 Å². The Bertz CT molecular complexity index is 1780. The molecule has 234 valence electrons. The standard InChI is InChI=1S/C17H19NO4.C17H4.H3NO4.7H2/c1-17(2,3)22-16(20)13-7-12(9-18-10-13)11-5-6-14(19)15(8-11)21-4;1-3-5-7-9-11-13-15-17-16-14-12-10-8-6-4-2;2-4-1-5-3;;;;;;;/h5-10,19H,1-4H3;1H,2H3;1-3H;7*1H. The molecule has 4 N–H and O–H groups in total. The van der Waals surface area contributed by atoms with Gasteiger partial charge in [-0.1, -0.05) is 12.0 Å². The molecule has 0 aliphatic carbocycles. The molecule has 1 aromatic heterocycles. The first-order valence-corrected chi connectivity index (χ1v) is 11.9. The molecule has 0 aliphatic heterocycles. The zero-order valence-electron chi connectivity index (χ0n) is 24.4. The number of carbonyl (C=O) groups is 1. The van der Waals surface area contributed by atoms with E-state index in [0.717, 1.165) is 11.1 Å². The summed E-state index contributed by atoms with van der Waals surface area (Å²) in [6.07, 6.45) is 7.99. The Hall–Kier alpha value is -6.28. The molecule has 0 amide bonds. The molecule has 2 rings (SSSR count). The molecule has 0 atom stereocenters. The van der Waals surface area contributed by atoms with E-state index in [2.05, 4.69) is 104 Å². The van der Waals surface area contributed by atoms with Gasteiger partial charge in [0.25, 0.3) is 0 Å². The van der Waals surface area contributed by atoms with Crippen LogP contribution in [0.3, 0.4) is 0 Å². The van der Waals surface area contributed by atoms with Crippen molar-refractivity contribution in [3.8, 4) is 118 Å². The Morgan fingerprint density at radius 1 is 0.841 bits per heavy atom. The van der Waals surface area contributed by atoms with Crippen molar-refractivity contribution in [2.75, 3.05) is 7.11 Å². The van der Waals surface area contributed by atoms with Crippen molar-refractivity contribution < 1.29 is 49.9 Å². The minimum Gasteiger partial charge on any atom is -0.504 e. The molecular formula is C34H40N2O8. The third-order valence-electron chi connectivity index (χ3n) is 3.91. The fourth-order valence-corrected chi connectivity index (χ4v) is 2.36. The second kappa shape index (κ2) is 23.4. The lowest BCUT2D eigenvalue weighted by atomic mass is 10.1. The SMILES string of the molecule is C#CC#CC#CC#CC#CC#CC#CC#CC.COc1cc(-c2cncc(C(=O)OC(C)(C)C)c2)ccc1O.OONOO.[HH].[HH].[HH].[HH].[HH].[HH].[HH]. The number of methoxy groups -OCH3 is 1. The van der Waals surface area contributed by atoms with Crippen molar-refractivity contribution in [1.29, 1.82) is 0 Å². The summed E-state index contributed by atoms with van der Waals surface area (Å²) in [5.74, 6) is 36.9. The fraction of sp³-hybridized carbons (Fsp3) is 0.176. The Morgan fingerprint density at radius 3 is 1.80 bits per heavy atom. The Kier molecular flexibility index (Phi) is 20.1. The van der Waals surface area contributed by atoms with Crippen LogP contribution in [0.15, 0.2) is 36.7 Å². The predicted molar refractivity (Wildman–Crippen MR) is 177 cm³/mol. The number of phenolic OH excluding ortho intramolecular Hbond substituents is 1. The first-order valence-electron chi connectivity index (χ1n) is 11.9. The summed E-state index contributed by atoms with van der Waals surface area (Å²) in [6.45, 7) is 7.14. The summed E-state index contributed by atoms with van der Waals surface area (Å²) >= 11 is 0. The molecule has 1 heterocycles. The van der Waals surface area contributed by atoms with E-state index < -0.39 is 11.6 Å². The van der Waals surface area contributed by atoms with E-state index in [9.17, 15) is 9.90 Å². The number of pyridine rings is 1. The number of nitrogens with one attached hydrogen (secondary N) is 1. The van der Waals surface area contributed by atoms with Crippen molar-refractivity contribution in [2.24, 2.45) is 0 Å². The molecular weight excluding hydrogens is 564 g/mol. The molecule has 0 aliphatic rings. The number of carbonyl (C=O) groups excluding carboxylic acids is 1. The quantitative estimate of drug-likeness (QED) is 0.156. The summed E-state index contributed by atoms with van der Waals surface area (Å²) in [5.41, 5.74) is 2.56. The third kappa shape index (κ3) is 18.9. The van der Waals surface area contributed by atoms with Crippen molar-refractivity contribution in [3.05, 3.63) is 42.2 Å². The Labute approximate surface area is 267 Å². The molecule has 0 saturated carbocycles. The van der Waals surface area contributed by atoms with E-state index in [1.807, 2.05) is 20.8 Å². The number of phenols is 1. The maximum atomic E-state index is 12.1. The van der Waals surface area contributed by atoms with Crippen LogP contribution in [0.4, 0.5) is 0 Å². The molecule has 0 spiro atoms. The van der Waals surface area contributed by atoms with Crippen LogP contribution in [0.25, 0.3) is 11.1 Å². The van der Waals surface area contributed by atoms with Crippen LogP contribution in [0, 0.1) is 95.2 Å². The largest absolute Gasteiger partial charge is 0.504 e. The molecule has 0 fully saturated rings. The monoisotopic (exact) mass is 604 g/mol. The van der Waals surface area contributed by atoms with Gasteiger partial charge in [-0.3, -0.25) is 4.98 Å². The second-order valence-corrected chi connectivity index (χ2v) is 8.14. The minimum atomic E-state index is -0.561. The molecule has 0 radical (unpaired) electrons. The van der Waals surface area contributed by atoms with Crippen molar-refractivity contribution >= 4 is 5.97 Å². The van der Waals surface area contributed by atoms with Gasteiger partial charge in [0, 0.05) is 27.9 Å². The van der Waals surface area contributed by atoms with Crippen LogP contribution >= 0.6 is 0 Å². The summed E-state index contributed by atoms with van der Waals surface area (Å²) < 4.78 is 10.4. The second-order valence-electron chi connectivity index (χ2n) is 8.14. The zero-order valence-corrected chi connectivity index (χ0v) is 24.4. The summed E-state index contributed by atoms with van der Waals surface area (Å²) in [7, 11) is 1.48. The van der Waals surface area contributed by atoms with Crippen LogP contribution in [-0.4, -0.2) is 39.3 Å². The lowest BCUT2D eigenvalue weighted by molar-refractivity contribution is -0.456. The molecule has 1 aromatic carbocycles. The number of terminal acetylenes is 1. The van der Waals surface area contributed by atoms with Gasteiger partial charge in [0.2, 0.25) is 0 Å². The number of ether oxygens (including phenoxy) is 2. The van der Waals surface area contributed by atoms with Gasteiger partial charge in [0.1, 0.15) is 5.60 Å². The van der Waals surface area contributed by atoms with Gasteiger partial charge < -0.3 is 14.6 Å². The van der Waals surface area contributed by atoms with Gasteiger partial charge >= 0.3 is 5.97 Å². The van der Waals surface area contributed by atoms with Crippen LogP contribution in [0.1, 0.15) is 48.0 Å². The maximum absolute atomic E-state index is 12.1. The summed E-state index contributed by atoms with van der Waals surface area (Å²) in [4.78, 5) is 22.1. The highest BCUT2D eigenvalue weighted by Gasteiger charge is 2.18. The van der Waals surface area contributed by atoms with Crippen LogP contribution in [-0.2, 0) is 14.7 Å². The van der Waals surface area contributed by atoms with E-state index in [1.54, 1.807) is 31.3 Å². The van der Waals surface area contributed by atoms with E-state index >= 15 is 0 Å². The average molecular weight is 605 g/mol. The third-order valence-corrected chi connectivity index (χ3v) is 3.91. The summed E-state index contributed by atoms with van der Waals surface area (Å²) in [5, 5.41) is 24.0. The number of hydrogen-bond acceptors (Lipinski definition) is 10. The maximum Gasteiger partial charge on any atom is 0.340 e. The van der Waals surface area contributed by atoms with E-state index in [-0.39, 0.29) is 15.7 Å². The van der Waals surface area contributed by atoms with Gasteiger partial charge in [-0.2, -0.15) is 0 Å². The van der Waals surface area contributed by atoms with Gasteiger partial charge in [-0.25, -0.2) is 15.3 Å². The van der Waals surface area contributed by atoms with Gasteiger partial charge in [0.05, 0.1) is 12.7 Å². The number of hydrogen-bond donors (Lipinski definition) is 4. The molecule has 44 heavy (non-hydrogen) atoms. The number of benzene rings is 1. The number of aromatic hydroxyl groups is 1. The first kappa shape index (κ1) is 37.7. The van der Waals surface area contributed by atoms with Crippen molar-refractivity contribution in [3.63, 3.8) is 0 Å². The smallest absolute Gasteiger partial charge is 0.340 e. The van der Waals surface area contributed by atoms with Crippen LogP contribution in [0.5, 0.6) is 11.5 Å². The molecule has 0 saturated heterocycles. The van der Waals surface area contributed by atoms with Crippen LogP contribution < -0.4 is 10.4 Å². The number of rotatable bonds is 5. The molecule has 10 nitrogen and oxygen atoms in total. The molecule has 0 unspecified atom stereocenters. The van der Waals surface area contributed by atoms with E-state index in [1.165, 1.54) is 25.0 Å². The lowest BCUT2D eigenvalue weighted by Gasteiger charge is -2.19. The normalized spacial score (nSPS) is 7.95. The zero-order chi connectivity index (χ0) is 33.1. The highest BCUT2D eigenvalue weighted by Crippen LogP contribution is 2.31. The predicted octanol–water partition coefficient (Wildman–Crippen LogP) is 5.19. The van der Waals surface area contributed by atoms with Gasteiger partial charge in [0.15, 0.2) is 11.5 Å². The number of aromatic nitrogens is 1. The highest BCUT2D eigenvalue weighted by atomic mass is 17.3. The number of nitrogens with zero attached hydrogens (tertiary/aromatic N) is 1. The van der Waals surface area contributed by atoms with E-state index in [4.69, 9.17) is 26.4 Å². The van der Waals surface area contributed by atoms with Crippen LogP contribution in [0.2, 0.25) is 0 Å². The van der Waals surface area contributed by atoms with E-state index in [0.29, 0.717) is 11.3 Å². The molecule has 10 heteroatoms. The topological polar surface area (TPSA) is 140 Å².